The van der Waals surface area contributed by atoms with Crippen LogP contribution in [0.15, 0.2) is 64.5 Å². The number of rotatable bonds is 5. The van der Waals surface area contributed by atoms with Crippen LogP contribution in [-0.2, 0) is 11.2 Å². The summed E-state index contributed by atoms with van der Waals surface area (Å²) in [6.45, 7) is 4.87. The second-order valence-electron chi connectivity index (χ2n) is 7.93. The maximum atomic E-state index is 13.4. The number of thioether (sulfide) groups is 1. The molecule has 0 N–H and O–H groups in total. The van der Waals surface area contributed by atoms with Gasteiger partial charge in [-0.1, -0.05) is 54.2 Å². The second kappa shape index (κ2) is 8.10. The largest absolute Gasteiger partial charge is 0.375 e. The van der Waals surface area contributed by atoms with Gasteiger partial charge in [-0.05, 0) is 50.8 Å². The molecule has 2 aromatic carbocycles. The van der Waals surface area contributed by atoms with E-state index in [1.165, 1.54) is 5.56 Å². The summed E-state index contributed by atoms with van der Waals surface area (Å²) in [7, 11) is 0. The zero-order valence-electron chi connectivity index (χ0n) is 16.4. The van der Waals surface area contributed by atoms with Crippen molar-refractivity contribution >= 4 is 22.7 Å². The third kappa shape index (κ3) is 4.15. The number of hydrogen-bond acceptors (Lipinski definition) is 4. The summed E-state index contributed by atoms with van der Waals surface area (Å²) in [5.41, 5.74) is 1.92. The second-order valence-corrected chi connectivity index (χ2v) is 8.99. The SMILES string of the molecule is CC1(C)C[C@H](n2c(SCCc3ccccc3)nc3ccccc3c2=O)CCO1. The third-order valence-corrected chi connectivity index (χ3v) is 6.23. The van der Waals surface area contributed by atoms with Gasteiger partial charge < -0.3 is 4.74 Å². The van der Waals surface area contributed by atoms with Gasteiger partial charge in [-0.2, -0.15) is 0 Å². The zero-order chi connectivity index (χ0) is 19.6. The van der Waals surface area contributed by atoms with Gasteiger partial charge >= 0.3 is 0 Å². The van der Waals surface area contributed by atoms with E-state index in [1.807, 2.05) is 34.9 Å². The van der Waals surface area contributed by atoms with Crippen LogP contribution in [0.2, 0.25) is 0 Å². The van der Waals surface area contributed by atoms with Gasteiger partial charge in [0.25, 0.3) is 5.56 Å². The molecule has 3 aromatic rings. The summed E-state index contributed by atoms with van der Waals surface area (Å²) in [6.07, 6.45) is 2.61. The summed E-state index contributed by atoms with van der Waals surface area (Å²) in [6, 6.07) is 18.2. The fraction of sp³-hybridized carbons (Fsp3) is 0.391. The van der Waals surface area contributed by atoms with Crippen LogP contribution in [-0.4, -0.2) is 27.5 Å². The standard InChI is InChI=1S/C23H26N2O2S/c1-23(2)16-18(12-14-27-23)25-21(26)19-10-6-7-11-20(19)24-22(25)28-15-13-17-8-4-3-5-9-17/h3-11,18H,12-16H2,1-2H3/t18-/m1/s1. The highest BCUT2D eigenvalue weighted by Crippen LogP contribution is 2.34. The highest BCUT2D eigenvalue weighted by atomic mass is 32.2. The Labute approximate surface area is 169 Å². The first-order chi connectivity index (χ1) is 13.5. The summed E-state index contributed by atoms with van der Waals surface area (Å²) < 4.78 is 7.81. The molecule has 1 aliphatic heterocycles. The van der Waals surface area contributed by atoms with Crippen LogP contribution in [0.1, 0.15) is 38.3 Å². The number of ether oxygens (including phenoxy) is 1. The van der Waals surface area contributed by atoms with Crippen LogP contribution >= 0.6 is 11.8 Å². The predicted octanol–water partition coefficient (Wildman–Crippen LogP) is 4.86. The predicted molar refractivity (Wildman–Crippen MR) is 115 cm³/mol. The molecule has 0 unspecified atom stereocenters. The molecule has 0 radical (unpaired) electrons. The smallest absolute Gasteiger partial charge is 0.262 e. The lowest BCUT2D eigenvalue weighted by molar-refractivity contribution is -0.0708. The van der Waals surface area contributed by atoms with Crippen LogP contribution in [0.5, 0.6) is 0 Å². The van der Waals surface area contributed by atoms with Crippen molar-refractivity contribution in [2.45, 2.75) is 49.9 Å². The van der Waals surface area contributed by atoms with Gasteiger partial charge in [0, 0.05) is 18.4 Å². The number of aromatic nitrogens is 2. The summed E-state index contributed by atoms with van der Waals surface area (Å²) in [5, 5.41) is 1.52. The normalized spacial score (nSPS) is 19.0. The highest BCUT2D eigenvalue weighted by Gasteiger charge is 2.32. The average Bonchev–Trinajstić information content (AvgIpc) is 2.68. The van der Waals surface area contributed by atoms with Gasteiger partial charge in [0.05, 0.1) is 16.5 Å². The Hall–Kier alpha value is -2.11. The maximum Gasteiger partial charge on any atom is 0.262 e. The molecule has 146 valence electrons. The van der Waals surface area contributed by atoms with Crippen LogP contribution in [0.4, 0.5) is 0 Å². The lowest BCUT2D eigenvalue weighted by atomic mass is 9.93. The first kappa shape index (κ1) is 19.2. The minimum absolute atomic E-state index is 0.0653. The van der Waals surface area contributed by atoms with Crippen molar-refractivity contribution in [1.82, 2.24) is 9.55 Å². The Bertz CT molecular complexity index is 1010. The van der Waals surface area contributed by atoms with Crippen molar-refractivity contribution in [3.63, 3.8) is 0 Å². The zero-order valence-corrected chi connectivity index (χ0v) is 17.2. The lowest BCUT2D eigenvalue weighted by Gasteiger charge is -2.36. The monoisotopic (exact) mass is 394 g/mol. The molecular formula is C23H26N2O2S. The van der Waals surface area contributed by atoms with Gasteiger partial charge in [0.15, 0.2) is 5.16 Å². The number of hydrogen-bond donors (Lipinski definition) is 0. The van der Waals surface area contributed by atoms with E-state index in [0.29, 0.717) is 12.0 Å². The van der Waals surface area contributed by atoms with E-state index in [2.05, 4.69) is 38.1 Å². The Morgan fingerprint density at radius 3 is 2.68 bits per heavy atom. The molecule has 0 saturated carbocycles. The van der Waals surface area contributed by atoms with Crippen molar-refractivity contribution in [2.75, 3.05) is 12.4 Å². The molecule has 1 fully saturated rings. The first-order valence-corrected chi connectivity index (χ1v) is 10.8. The summed E-state index contributed by atoms with van der Waals surface area (Å²) in [4.78, 5) is 18.2. The quantitative estimate of drug-likeness (QED) is 0.458. The molecule has 1 saturated heterocycles. The van der Waals surface area contributed by atoms with Gasteiger partial charge in [-0.3, -0.25) is 9.36 Å². The number of benzene rings is 2. The fourth-order valence-corrected chi connectivity index (χ4v) is 4.93. The van der Waals surface area contributed by atoms with E-state index >= 15 is 0 Å². The third-order valence-electron chi connectivity index (χ3n) is 5.28. The molecule has 4 nitrogen and oxygen atoms in total. The maximum absolute atomic E-state index is 13.4. The summed E-state index contributed by atoms with van der Waals surface area (Å²) >= 11 is 1.68. The molecule has 28 heavy (non-hydrogen) atoms. The molecule has 4 rings (SSSR count). The van der Waals surface area contributed by atoms with Gasteiger partial charge in [-0.25, -0.2) is 4.98 Å². The van der Waals surface area contributed by atoms with Crippen molar-refractivity contribution in [2.24, 2.45) is 0 Å². The van der Waals surface area contributed by atoms with Gasteiger partial charge in [-0.15, -0.1) is 0 Å². The lowest BCUT2D eigenvalue weighted by Crippen LogP contribution is -2.39. The fourth-order valence-electron chi connectivity index (χ4n) is 3.87. The molecule has 0 aliphatic carbocycles. The Balaban J connectivity index is 1.68. The number of para-hydroxylation sites is 1. The van der Waals surface area contributed by atoms with Crippen molar-refractivity contribution < 1.29 is 4.74 Å². The minimum atomic E-state index is -0.222. The van der Waals surface area contributed by atoms with E-state index in [-0.39, 0.29) is 17.2 Å². The Kier molecular flexibility index (Phi) is 5.56. The van der Waals surface area contributed by atoms with E-state index in [4.69, 9.17) is 9.72 Å². The van der Waals surface area contributed by atoms with Gasteiger partial charge in [0.2, 0.25) is 0 Å². The van der Waals surface area contributed by atoms with E-state index in [9.17, 15) is 4.79 Å². The Morgan fingerprint density at radius 2 is 1.89 bits per heavy atom. The van der Waals surface area contributed by atoms with E-state index in [1.54, 1.807) is 11.8 Å². The molecule has 5 heteroatoms. The van der Waals surface area contributed by atoms with Gasteiger partial charge in [0.1, 0.15) is 0 Å². The Morgan fingerprint density at radius 1 is 1.14 bits per heavy atom. The molecule has 0 amide bonds. The van der Waals surface area contributed by atoms with Crippen LogP contribution in [0.3, 0.4) is 0 Å². The first-order valence-electron chi connectivity index (χ1n) is 9.85. The van der Waals surface area contributed by atoms with Crippen LogP contribution < -0.4 is 5.56 Å². The van der Waals surface area contributed by atoms with Crippen LogP contribution in [0.25, 0.3) is 10.9 Å². The summed E-state index contributed by atoms with van der Waals surface area (Å²) in [5.74, 6) is 0.890. The number of nitrogens with zero attached hydrogens (tertiary/aromatic N) is 2. The molecule has 2 heterocycles. The molecular weight excluding hydrogens is 368 g/mol. The molecule has 1 atom stereocenters. The van der Waals surface area contributed by atoms with Crippen LogP contribution in [0, 0.1) is 0 Å². The molecule has 0 bridgehead atoms. The highest BCUT2D eigenvalue weighted by molar-refractivity contribution is 7.99. The number of fused-ring (bicyclic) bond motifs is 1. The topological polar surface area (TPSA) is 44.1 Å². The molecule has 0 spiro atoms. The van der Waals surface area contributed by atoms with E-state index < -0.39 is 0 Å². The molecule has 1 aliphatic rings. The molecule has 1 aromatic heterocycles. The van der Waals surface area contributed by atoms with E-state index in [0.717, 1.165) is 35.7 Å². The van der Waals surface area contributed by atoms with Crippen molar-refractivity contribution in [1.29, 1.82) is 0 Å². The van der Waals surface area contributed by atoms with Crippen molar-refractivity contribution in [3.05, 3.63) is 70.5 Å². The number of aryl methyl sites for hydroxylation is 1. The average molecular weight is 395 g/mol. The van der Waals surface area contributed by atoms with Crippen molar-refractivity contribution in [3.8, 4) is 0 Å². The minimum Gasteiger partial charge on any atom is -0.375 e.